The quantitative estimate of drug-likeness (QED) is 0.168. The summed E-state index contributed by atoms with van der Waals surface area (Å²) in [6, 6.07) is 15.2. The van der Waals surface area contributed by atoms with Crippen LogP contribution in [0.25, 0.3) is 21.7 Å². The normalized spacial score (nSPS) is 15.4. The molecule has 0 saturated heterocycles. The topological polar surface area (TPSA) is 78.5 Å². The van der Waals surface area contributed by atoms with Crippen molar-refractivity contribution in [2.24, 2.45) is 5.92 Å². The van der Waals surface area contributed by atoms with E-state index in [4.69, 9.17) is 4.74 Å². The Balaban J connectivity index is 1.52. The molecule has 194 valence electrons. The second kappa shape index (κ2) is 10.1. The monoisotopic (exact) mass is 608 g/mol. The summed E-state index contributed by atoms with van der Waals surface area (Å²) in [5.41, 5.74) is 3.38. The lowest BCUT2D eigenvalue weighted by Gasteiger charge is -2.26. The number of carbonyl (C=O) groups excluding carboxylic acids is 1. The Kier molecular flexibility index (Phi) is 6.75. The summed E-state index contributed by atoms with van der Waals surface area (Å²) in [5, 5.41) is 10.2. The van der Waals surface area contributed by atoms with Crippen LogP contribution in [0.4, 0.5) is 0 Å². The lowest BCUT2D eigenvalue weighted by Crippen LogP contribution is -2.28. The van der Waals surface area contributed by atoms with E-state index in [2.05, 4.69) is 40.0 Å². The molecule has 1 atom stereocenters. The minimum Gasteiger partial charge on any atom is -0.372 e. The molecule has 0 spiro atoms. The zero-order valence-electron chi connectivity index (χ0n) is 21.1. The van der Waals surface area contributed by atoms with Crippen molar-refractivity contribution in [3.05, 3.63) is 84.9 Å². The standard InChI is InChI=1S/C28H25BrN4O3S2/c1-15(2)22-12-20-23(13-36-22)38-26-24(20)25(35)32(19-6-4-5-16(3)11-19)27-30-31-28(33(26)27)37-14-21(34)17-7-9-18(29)10-8-17/h4-11,15,22H,12-14H2,1-3H3. The third kappa shape index (κ3) is 4.43. The second-order valence-corrected chi connectivity index (χ2v) is 12.7. The molecule has 0 aliphatic carbocycles. The number of hydrogen-bond acceptors (Lipinski definition) is 7. The van der Waals surface area contributed by atoms with Crippen LogP contribution < -0.4 is 5.56 Å². The molecule has 0 bridgehead atoms. The van der Waals surface area contributed by atoms with Crippen LogP contribution in [-0.2, 0) is 17.8 Å². The van der Waals surface area contributed by atoms with Crippen LogP contribution in [0.15, 0.2) is 63.0 Å². The van der Waals surface area contributed by atoms with Crippen LogP contribution in [-0.4, -0.2) is 36.8 Å². The molecular weight excluding hydrogens is 584 g/mol. The molecule has 4 heterocycles. The van der Waals surface area contributed by atoms with E-state index < -0.39 is 0 Å². The van der Waals surface area contributed by atoms with Crippen molar-refractivity contribution in [2.45, 2.75) is 45.1 Å². The fraction of sp³-hybridized carbons (Fsp3) is 0.286. The predicted octanol–water partition coefficient (Wildman–Crippen LogP) is 6.24. The molecule has 1 aliphatic heterocycles. The largest absolute Gasteiger partial charge is 0.372 e. The summed E-state index contributed by atoms with van der Waals surface area (Å²) in [4.78, 5) is 28.9. The Morgan fingerprint density at radius 3 is 2.74 bits per heavy atom. The van der Waals surface area contributed by atoms with Crippen molar-refractivity contribution < 1.29 is 9.53 Å². The number of thioether (sulfide) groups is 1. The first-order valence-corrected chi connectivity index (χ1v) is 15.0. The van der Waals surface area contributed by atoms with Crippen LogP contribution in [0, 0.1) is 12.8 Å². The molecule has 5 aromatic rings. The zero-order valence-corrected chi connectivity index (χ0v) is 24.3. The maximum Gasteiger partial charge on any atom is 0.268 e. The third-order valence-corrected chi connectivity index (χ3v) is 9.49. The first kappa shape index (κ1) is 25.5. The predicted molar refractivity (Wildman–Crippen MR) is 155 cm³/mol. The van der Waals surface area contributed by atoms with Crippen molar-refractivity contribution in [3.8, 4) is 5.69 Å². The number of Topliss-reactive ketones (excluding diaryl/α,β-unsaturated/α-hetero) is 1. The molecule has 0 N–H and O–H groups in total. The van der Waals surface area contributed by atoms with Gasteiger partial charge in [0.1, 0.15) is 4.83 Å². The number of hydrogen-bond donors (Lipinski definition) is 0. The Morgan fingerprint density at radius 1 is 1.21 bits per heavy atom. The molecule has 0 saturated carbocycles. The van der Waals surface area contributed by atoms with Crippen LogP contribution in [0.1, 0.15) is 40.2 Å². The maximum absolute atomic E-state index is 14.1. The molecule has 3 aromatic heterocycles. The molecule has 38 heavy (non-hydrogen) atoms. The highest BCUT2D eigenvalue weighted by Crippen LogP contribution is 2.37. The Bertz CT molecular complexity index is 1750. The van der Waals surface area contributed by atoms with Crippen LogP contribution in [0.3, 0.4) is 0 Å². The summed E-state index contributed by atoms with van der Waals surface area (Å²) in [5.74, 6) is 0.983. The van der Waals surface area contributed by atoms with Gasteiger partial charge in [0, 0.05) is 21.3 Å². The van der Waals surface area contributed by atoms with Gasteiger partial charge in [-0.15, -0.1) is 21.5 Å². The van der Waals surface area contributed by atoms with E-state index in [0.717, 1.165) is 31.0 Å². The van der Waals surface area contributed by atoms with Gasteiger partial charge in [-0.3, -0.25) is 9.59 Å². The van der Waals surface area contributed by atoms with E-state index in [9.17, 15) is 9.59 Å². The number of halogens is 1. The molecule has 0 amide bonds. The fourth-order valence-electron chi connectivity index (χ4n) is 4.81. The van der Waals surface area contributed by atoms with Gasteiger partial charge in [0.15, 0.2) is 10.9 Å². The average molecular weight is 610 g/mol. The molecule has 0 fully saturated rings. The third-order valence-electron chi connectivity index (χ3n) is 6.84. The Labute approximate surface area is 236 Å². The second-order valence-electron chi connectivity index (χ2n) is 9.80. The minimum absolute atomic E-state index is 0.00106. The van der Waals surface area contributed by atoms with Crippen molar-refractivity contribution in [2.75, 3.05) is 5.75 Å². The minimum atomic E-state index is -0.102. The lowest BCUT2D eigenvalue weighted by atomic mass is 9.96. The van der Waals surface area contributed by atoms with Gasteiger partial charge < -0.3 is 4.74 Å². The molecule has 0 radical (unpaired) electrons. The number of aromatic nitrogens is 4. The number of aryl methyl sites for hydroxylation is 1. The van der Waals surface area contributed by atoms with Gasteiger partial charge in [-0.2, -0.15) is 0 Å². The number of ether oxygens (including phenoxy) is 1. The molecule has 2 aromatic carbocycles. The molecule has 1 unspecified atom stereocenters. The van der Waals surface area contributed by atoms with Crippen molar-refractivity contribution in [1.82, 2.24) is 19.2 Å². The summed E-state index contributed by atoms with van der Waals surface area (Å²) < 4.78 is 10.6. The average Bonchev–Trinajstić information content (AvgIpc) is 3.49. The van der Waals surface area contributed by atoms with E-state index >= 15 is 0 Å². The van der Waals surface area contributed by atoms with Gasteiger partial charge in [-0.05, 0) is 48.2 Å². The lowest BCUT2D eigenvalue weighted by molar-refractivity contribution is 0.00200. The Hall–Kier alpha value is -2.79. The summed E-state index contributed by atoms with van der Waals surface area (Å²) in [6.07, 6.45) is 0.745. The van der Waals surface area contributed by atoms with Crippen molar-refractivity contribution in [1.29, 1.82) is 0 Å². The van der Waals surface area contributed by atoms with Gasteiger partial charge in [0.05, 0.1) is 29.5 Å². The van der Waals surface area contributed by atoms with Crippen molar-refractivity contribution >= 4 is 60.8 Å². The highest BCUT2D eigenvalue weighted by Gasteiger charge is 2.30. The molecule has 7 nitrogen and oxygen atoms in total. The smallest absolute Gasteiger partial charge is 0.268 e. The first-order valence-electron chi connectivity index (χ1n) is 12.4. The van der Waals surface area contributed by atoms with E-state index in [1.165, 1.54) is 11.8 Å². The number of ketones is 1. The zero-order chi connectivity index (χ0) is 26.6. The number of carbonyl (C=O) groups is 1. The van der Waals surface area contributed by atoms with Gasteiger partial charge in [-0.1, -0.05) is 65.8 Å². The highest BCUT2D eigenvalue weighted by molar-refractivity contribution is 9.10. The fourth-order valence-corrected chi connectivity index (χ4v) is 7.20. The summed E-state index contributed by atoms with van der Waals surface area (Å²) in [6.45, 7) is 6.77. The van der Waals surface area contributed by atoms with E-state index in [1.54, 1.807) is 28.0 Å². The molecule has 1 aliphatic rings. The summed E-state index contributed by atoms with van der Waals surface area (Å²) in [7, 11) is 0. The van der Waals surface area contributed by atoms with Gasteiger partial charge in [0.25, 0.3) is 5.56 Å². The molecular formula is C28H25BrN4O3S2. The highest BCUT2D eigenvalue weighted by atomic mass is 79.9. The summed E-state index contributed by atoms with van der Waals surface area (Å²) >= 11 is 6.30. The number of thiophene rings is 1. The SMILES string of the molecule is Cc1cccc(-n2c(=O)c3c4c(sc3n3c(SCC(=O)c5ccc(Br)cc5)nnc23)COC(C(C)C)C4)c1. The maximum atomic E-state index is 14.1. The number of rotatable bonds is 6. The van der Waals surface area contributed by atoms with E-state index in [-0.39, 0.29) is 23.2 Å². The first-order chi connectivity index (χ1) is 18.3. The van der Waals surface area contributed by atoms with Gasteiger partial charge in [0.2, 0.25) is 5.78 Å². The number of benzene rings is 2. The number of fused-ring (bicyclic) bond motifs is 5. The number of nitrogens with zero attached hydrogens (tertiary/aromatic N) is 4. The van der Waals surface area contributed by atoms with E-state index in [0.29, 0.717) is 40.8 Å². The Morgan fingerprint density at radius 2 is 2.00 bits per heavy atom. The van der Waals surface area contributed by atoms with Gasteiger partial charge >= 0.3 is 0 Å². The van der Waals surface area contributed by atoms with Crippen LogP contribution >= 0.6 is 39.0 Å². The van der Waals surface area contributed by atoms with E-state index in [1.807, 2.05) is 47.7 Å². The van der Waals surface area contributed by atoms with Crippen LogP contribution in [0.2, 0.25) is 0 Å². The van der Waals surface area contributed by atoms with Gasteiger partial charge in [-0.25, -0.2) is 8.97 Å². The van der Waals surface area contributed by atoms with Crippen LogP contribution in [0.5, 0.6) is 0 Å². The molecule has 6 rings (SSSR count). The van der Waals surface area contributed by atoms with Crippen molar-refractivity contribution in [3.63, 3.8) is 0 Å². The molecule has 10 heteroatoms.